The van der Waals surface area contributed by atoms with E-state index in [1.165, 1.54) is 5.56 Å². The van der Waals surface area contributed by atoms with E-state index in [1.54, 1.807) is 0 Å². The minimum atomic E-state index is 0. The van der Waals surface area contributed by atoms with Gasteiger partial charge in [0, 0.05) is 50.9 Å². The predicted octanol–water partition coefficient (Wildman–Crippen LogP) is 3.63. The number of amides is 1. The molecule has 1 amide bonds. The van der Waals surface area contributed by atoms with Crippen LogP contribution < -0.4 is 10.2 Å². The van der Waals surface area contributed by atoms with Crippen molar-refractivity contribution in [2.45, 2.75) is 6.04 Å². The molecule has 2 heterocycles. The smallest absolute Gasteiger partial charge is 0.254 e. The van der Waals surface area contributed by atoms with Crippen molar-refractivity contribution in [1.82, 2.24) is 10.2 Å². The molecule has 3 atom stereocenters. The summed E-state index contributed by atoms with van der Waals surface area (Å²) in [6.07, 6.45) is 0. The van der Waals surface area contributed by atoms with E-state index in [0.29, 0.717) is 11.8 Å². The van der Waals surface area contributed by atoms with Gasteiger partial charge in [0.05, 0.1) is 6.04 Å². The number of likely N-dealkylation sites (tertiary alicyclic amines) is 1. The first-order chi connectivity index (χ1) is 12.1. The van der Waals surface area contributed by atoms with Crippen molar-refractivity contribution in [3.8, 4) is 0 Å². The van der Waals surface area contributed by atoms with Gasteiger partial charge >= 0.3 is 0 Å². The minimum Gasteiger partial charge on any atom is -0.378 e. The maximum atomic E-state index is 13.3. The number of rotatable bonds is 3. The average Bonchev–Trinajstić information content (AvgIpc) is 3.22. The molecule has 0 aromatic heterocycles. The van der Waals surface area contributed by atoms with Gasteiger partial charge in [0.25, 0.3) is 5.91 Å². The van der Waals surface area contributed by atoms with E-state index in [4.69, 9.17) is 0 Å². The summed E-state index contributed by atoms with van der Waals surface area (Å²) in [6.45, 7) is 2.84. The van der Waals surface area contributed by atoms with Crippen LogP contribution in [0.15, 0.2) is 54.6 Å². The number of fused-ring (bicyclic) bond motifs is 1. The SMILES string of the molecule is CN(C)c1cccc(C(=O)N2C[C@@H]3CNC[C@@H]3[C@H]2c2ccccc2)c1.Cl.Cl. The Bertz CT molecular complexity index is 769. The van der Waals surface area contributed by atoms with Crippen molar-refractivity contribution in [3.05, 3.63) is 65.7 Å². The van der Waals surface area contributed by atoms with Crippen LogP contribution >= 0.6 is 24.8 Å². The molecule has 0 saturated carbocycles. The number of halogens is 2. The molecule has 146 valence electrons. The molecule has 0 spiro atoms. The number of benzene rings is 2. The fraction of sp³-hybridized carbons (Fsp3) is 0.381. The van der Waals surface area contributed by atoms with Crippen molar-refractivity contribution >= 4 is 36.4 Å². The number of nitrogens with one attached hydrogen (secondary N) is 1. The predicted molar refractivity (Wildman–Crippen MR) is 115 cm³/mol. The van der Waals surface area contributed by atoms with Crippen LogP contribution in [0.5, 0.6) is 0 Å². The fourth-order valence-corrected chi connectivity index (χ4v) is 4.29. The van der Waals surface area contributed by atoms with Crippen molar-refractivity contribution in [2.24, 2.45) is 11.8 Å². The van der Waals surface area contributed by atoms with Gasteiger partial charge < -0.3 is 15.1 Å². The summed E-state index contributed by atoms with van der Waals surface area (Å²) in [5.41, 5.74) is 3.08. The number of carbonyl (C=O) groups is 1. The monoisotopic (exact) mass is 407 g/mol. The highest BCUT2D eigenvalue weighted by Gasteiger charge is 2.46. The second-order valence-electron chi connectivity index (χ2n) is 7.34. The molecule has 2 aromatic rings. The number of hydrogen-bond donors (Lipinski definition) is 1. The lowest BCUT2D eigenvalue weighted by atomic mass is 9.89. The average molecular weight is 408 g/mol. The standard InChI is InChI=1S/C21H25N3O.2ClH/c1-23(2)18-10-6-9-16(11-18)21(25)24-14-17-12-22-13-19(17)20(24)15-7-4-3-5-8-15;;/h3-11,17,19-20,22H,12-14H2,1-2H3;2*1H/t17-,19-,20+;;/m0../s1. The van der Waals surface area contributed by atoms with E-state index in [9.17, 15) is 4.79 Å². The van der Waals surface area contributed by atoms with Crippen LogP contribution in [0.1, 0.15) is 22.0 Å². The minimum absolute atomic E-state index is 0. The molecule has 2 fully saturated rings. The summed E-state index contributed by atoms with van der Waals surface area (Å²) in [5.74, 6) is 1.20. The molecule has 4 rings (SSSR count). The lowest BCUT2D eigenvalue weighted by Gasteiger charge is -2.29. The van der Waals surface area contributed by atoms with Gasteiger partial charge in [-0.05, 0) is 29.7 Å². The molecule has 2 aromatic carbocycles. The Morgan fingerprint density at radius 3 is 2.48 bits per heavy atom. The summed E-state index contributed by atoms with van der Waals surface area (Å²) in [6, 6.07) is 18.6. The summed E-state index contributed by atoms with van der Waals surface area (Å²) >= 11 is 0. The number of carbonyl (C=O) groups excluding carboxylic acids is 1. The highest BCUT2D eigenvalue weighted by atomic mass is 35.5. The Morgan fingerprint density at radius 2 is 1.78 bits per heavy atom. The van der Waals surface area contributed by atoms with Crippen molar-refractivity contribution in [1.29, 1.82) is 0 Å². The zero-order valence-corrected chi connectivity index (χ0v) is 17.3. The second kappa shape index (κ2) is 8.96. The summed E-state index contributed by atoms with van der Waals surface area (Å²) in [5, 5.41) is 3.50. The van der Waals surface area contributed by atoms with E-state index in [2.05, 4.69) is 34.5 Å². The van der Waals surface area contributed by atoms with E-state index in [1.807, 2.05) is 49.3 Å². The Hall–Kier alpha value is -1.75. The van der Waals surface area contributed by atoms with Crippen LogP contribution in [-0.4, -0.2) is 44.5 Å². The van der Waals surface area contributed by atoms with E-state index in [-0.39, 0.29) is 36.8 Å². The first kappa shape index (κ1) is 21.5. The van der Waals surface area contributed by atoms with Gasteiger partial charge in [-0.2, -0.15) is 0 Å². The summed E-state index contributed by atoms with van der Waals surface area (Å²) in [7, 11) is 4.00. The van der Waals surface area contributed by atoms with Gasteiger partial charge in [0.2, 0.25) is 0 Å². The van der Waals surface area contributed by atoms with Crippen LogP contribution in [0.4, 0.5) is 5.69 Å². The van der Waals surface area contributed by atoms with Crippen LogP contribution in [0.2, 0.25) is 0 Å². The van der Waals surface area contributed by atoms with Gasteiger partial charge in [0.15, 0.2) is 0 Å². The topological polar surface area (TPSA) is 35.6 Å². The van der Waals surface area contributed by atoms with E-state index >= 15 is 0 Å². The molecule has 1 N–H and O–H groups in total. The van der Waals surface area contributed by atoms with E-state index < -0.39 is 0 Å². The zero-order chi connectivity index (χ0) is 17.4. The molecule has 6 heteroatoms. The Balaban J connectivity index is 0.00000131. The largest absolute Gasteiger partial charge is 0.378 e. The van der Waals surface area contributed by atoms with Crippen LogP contribution in [0.3, 0.4) is 0 Å². The lowest BCUT2D eigenvalue weighted by Crippen LogP contribution is -2.34. The Morgan fingerprint density at radius 1 is 1.04 bits per heavy atom. The van der Waals surface area contributed by atoms with Gasteiger partial charge in [-0.3, -0.25) is 4.79 Å². The quantitative estimate of drug-likeness (QED) is 0.843. The molecule has 2 aliphatic heterocycles. The first-order valence-electron chi connectivity index (χ1n) is 8.99. The molecule has 2 saturated heterocycles. The van der Waals surface area contributed by atoms with Crippen molar-refractivity contribution < 1.29 is 4.79 Å². The highest BCUT2D eigenvalue weighted by molar-refractivity contribution is 5.95. The maximum Gasteiger partial charge on any atom is 0.254 e. The number of nitrogens with zero attached hydrogens (tertiary/aromatic N) is 2. The zero-order valence-electron chi connectivity index (χ0n) is 15.7. The molecule has 4 nitrogen and oxygen atoms in total. The normalized spacial score (nSPS) is 23.2. The summed E-state index contributed by atoms with van der Waals surface area (Å²) < 4.78 is 0. The van der Waals surface area contributed by atoms with Crippen molar-refractivity contribution in [2.75, 3.05) is 38.6 Å². The third-order valence-electron chi connectivity index (χ3n) is 5.58. The van der Waals surface area contributed by atoms with Gasteiger partial charge in [-0.15, -0.1) is 24.8 Å². The fourth-order valence-electron chi connectivity index (χ4n) is 4.29. The van der Waals surface area contributed by atoms with E-state index in [0.717, 1.165) is 30.9 Å². The first-order valence-corrected chi connectivity index (χ1v) is 8.99. The second-order valence-corrected chi connectivity index (χ2v) is 7.34. The van der Waals surface area contributed by atoms with Crippen LogP contribution in [0, 0.1) is 11.8 Å². The molecule has 27 heavy (non-hydrogen) atoms. The number of hydrogen-bond acceptors (Lipinski definition) is 3. The number of anilines is 1. The maximum absolute atomic E-state index is 13.3. The molecule has 0 bridgehead atoms. The van der Waals surface area contributed by atoms with Crippen molar-refractivity contribution in [3.63, 3.8) is 0 Å². The molecule has 0 radical (unpaired) electrons. The van der Waals surface area contributed by atoms with Gasteiger partial charge in [-0.25, -0.2) is 0 Å². The van der Waals surface area contributed by atoms with Gasteiger partial charge in [0.1, 0.15) is 0 Å². The lowest BCUT2D eigenvalue weighted by molar-refractivity contribution is 0.0714. The highest BCUT2D eigenvalue weighted by Crippen LogP contribution is 2.43. The van der Waals surface area contributed by atoms with Crippen LogP contribution in [-0.2, 0) is 0 Å². The molecule has 2 aliphatic rings. The Kier molecular flexibility index (Phi) is 7.15. The molecule has 0 aliphatic carbocycles. The molecular formula is C21H27Cl2N3O. The molecular weight excluding hydrogens is 381 g/mol. The van der Waals surface area contributed by atoms with Gasteiger partial charge in [-0.1, -0.05) is 36.4 Å². The summed E-state index contributed by atoms with van der Waals surface area (Å²) in [4.78, 5) is 17.5. The third-order valence-corrected chi connectivity index (χ3v) is 5.58. The van der Waals surface area contributed by atoms with Crippen LogP contribution in [0.25, 0.3) is 0 Å². The Labute approximate surface area is 173 Å². The molecule has 0 unspecified atom stereocenters. The third kappa shape index (κ3) is 4.08.